The van der Waals surface area contributed by atoms with Gasteiger partial charge in [0, 0.05) is 26.2 Å². The summed E-state index contributed by atoms with van der Waals surface area (Å²) in [6.07, 6.45) is -0.462. The van der Waals surface area contributed by atoms with Gasteiger partial charge < -0.3 is 20.0 Å². The Balaban J connectivity index is 1.94. The maximum absolute atomic E-state index is 11.6. The normalized spacial score (nSPS) is 15.4. The summed E-state index contributed by atoms with van der Waals surface area (Å²) in [6.45, 7) is 2.12. The lowest BCUT2D eigenvalue weighted by atomic mass is 10.2. The number of phenolic OH excluding ortho intramolecular Hbond substituents is 1. The van der Waals surface area contributed by atoms with Crippen LogP contribution in [0, 0.1) is 0 Å². The van der Waals surface area contributed by atoms with Crippen molar-refractivity contribution in [1.29, 1.82) is 0 Å². The number of carboxylic acid groups (broad SMARTS) is 1. The minimum absolute atomic E-state index is 0.216. The van der Waals surface area contributed by atoms with Gasteiger partial charge in [-0.15, -0.1) is 0 Å². The lowest BCUT2D eigenvalue weighted by molar-refractivity contribution is -0.144. The first-order valence-corrected chi connectivity index (χ1v) is 6.10. The molecule has 2 N–H and O–H groups in total. The third-order valence-electron chi connectivity index (χ3n) is 3.16. The van der Waals surface area contributed by atoms with E-state index in [9.17, 15) is 14.7 Å². The molecule has 1 aromatic carbocycles. The van der Waals surface area contributed by atoms with E-state index in [1.54, 1.807) is 17.0 Å². The van der Waals surface area contributed by atoms with Gasteiger partial charge in [-0.2, -0.15) is 0 Å². The van der Waals surface area contributed by atoms with Crippen LogP contribution in [-0.2, 0) is 9.59 Å². The summed E-state index contributed by atoms with van der Waals surface area (Å²) in [5.41, 5.74) is 0.743. The zero-order valence-corrected chi connectivity index (χ0v) is 10.5. The summed E-state index contributed by atoms with van der Waals surface area (Å²) in [5, 5.41) is 18.3. The average molecular weight is 264 g/mol. The van der Waals surface area contributed by atoms with Crippen molar-refractivity contribution in [3.8, 4) is 5.75 Å². The number of para-hydroxylation sites is 2. The Morgan fingerprint density at radius 2 is 1.74 bits per heavy atom. The standard InChI is InChI=1S/C13H16N2O4/c16-11-4-2-1-3-10(11)14-5-7-15(8-6-14)12(17)9-13(18)19/h1-4,16H,5-9H2,(H,18,19). The summed E-state index contributed by atoms with van der Waals surface area (Å²) in [7, 11) is 0. The van der Waals surface area contributed by atoms with E-state index >= 15 is 0 Å². The van der Waals surface area contributed by atoms with Gasteiger partial charge in [0.1, 0.15) is 12.2 Å². The van der Waals surface area contributed by atoms with Crippen molar-refractivity contribution in [1.82, 2.24) is 4.90 Å². The molecule has 0 bridgehead atoms. The number of carboxylic acids is 1. The van der Waals surface area contributed by atoms with Gasteiger partial charge in [0.15, 0.2) is 0 Å². The Hall–Kier alpha value is -2.24. The first-order chi connectivity index (χ1) is 9.08. The van der Waals surface area contributed by atoms with Crippen LogP contribution in [-0.4, -0.2) is 53.2 Å². The van der Waals surface area contributed by atoms with Crippen molar-refractivity contribution < 1.29 is 19.8 Å². The minimum Gasteiger partial charge on any atom is -0.506 e. The Bertz CT molecular complexity index is 481. The van der Waals surface area contributed by atoms with Crippen LogP contribution >= 0.6 is 0 Å². The van der Waals surface area contributed by atoms with E-state index in [0.717, 1.165) is 5.69 Å². The summed E-state index contributed by atoms with van der Waals surface area (Å²) in [5.74, 6) is -1.25. The molecule has 102 valence electrons. The van der Waals surface area contributed by atoms with Crippen LogP contribution in [0.1, 0.15) is 6.42 Å². The topological polar surface area (TPSA) is 81.1 Å². The number of carbonyl (C=O) groups excluding carboxylic acids is 1. The molecule has 6 nitrogen and oxygen atoms in total. The molecule has 0 atom stereocenters. The molecule has 0 spiro atoms. The predicted molar refractivity (Wildman–Crippen MR) is 69.2 cm³/mol. The van der Waals surface area contributed by atoms with E-state index in [1.165, 1.54) is 0 Å². The van der Waals surface area contributed by atoms with Crippen molar-refractivity contribution in [2.45, 2.75) is 6.42 Å². The SMILES string of the molecule is O=C(O)CC(=O)N1CCN(c2ccccc2O)CC1. The van der Waals surface area contributed by atoms with Crippen molar-refractivity contribution in [3.63, 3.8) is 0 Å². The van der Waals surface area contributed by atoms with E-state index in [1.807, 2.05) is 17.0 Å². The van der Waals surface area contributed by atoms with Gasteiger partial charge in [0.25, 0.3) is 0 Å². The van der Waals surface area contributed by atoms with Crippen LogP contribution in [0.4, 0.5) is 5.69 Å². The summed E-state index contributed by atoms with van der Waals surface area (Å²) < 4.78 is 0. The molecular formula is C13H16N2O4. The Kier molecular flexibility index (Phi) is 3.89. The maximum Gasteiger partial charge on any atom is 0.312 e. The van der Waals surface area contributed by atoms with E-state index in [0.29, 0.717) is 26.2 Å². The molecule has 0 radical (unpaired) electrons. The van der Waals surface area contributed by atoms with Crippen molar-refractivity contribution >= 4 is 17.6 Å². The summed E-state index contributed by atoms with van der Waals surface area (Å²) in [6, 6.07) is 7.05. The first-order valence-electron chi connectivity index (χ1n) is 6.10. The molecule has 19 heavy (non-hydrogen) atoms. The molecule has 1 heterocycles. The highest BCUT2D eigenvalue weighted by Gasteiger charge is 2.23. The van der Waals surface area contributed by atoms with E-state index < -0.39 is 12.4 Å². The van der Waals surface area contributed by atoms with E-state index in [-0.39, 0.29) is 11.7 Å². The molecule has 1 aliphatic rings. The summed E-state index contributed by atoms with van der Waals surface area (Å²) >= 11 is 0. The van der Waals surface area contributed by atoms with Gasteiger partial charge in [-0.1, -0.05) is 12.1 Å². The highest BCUT2D eigenvalue weighted by Crippen LogP contribution is 2.27. The predicted octanol–water partition coefficient (Wildman–Crippen LogP) is 0.515. The van der Waals surface area contributed by atoms with Gasteiger partial charge in [0.05, 0.1) is 5.69 Å². The molecular weight excluding hydrogens is 248 g/mol. The van der Waals surface area contributed by atoms with Gasteiger partial charge >= 0.3 is 5.97 Å². The van der Waals surface area contributed by atoms with Gasteiger partial charge in [0.2, 0.25) is 5.91 Å². The number of piperazine rings is 1. The van der Waals surface area contributed by atoms with Gasteiger partial charge in [-0.25, -0.2) is 0 Å². The Morgan fingerprint density at radius 1 is 1.11 bits per heavy atom. The number of aromatic hydroxyl groups is 1. The molecule has 0 aromatic heterocycles. The number of phenols is 1. The minimum atomic E-state index is -1.10. The van der Waals surface area contributed by atoms with Crippen LogP contribution in [0.3, 0.4) is 0 Å². The van der Waals surface area contributed by atoms with Crippen LogP contribution < -0.4 is 4.90 Å². The molecule has 2 rings (SSSR count). The van der Waals surface area contributed by atoms with Crippen LogP contribution in [0.15, 0.2) is 24.3 Å². The fraction of sp³-hybridized carbons (Fsp3) is 0.385. The second-order valence-electron chi connectivity index (χ2n) is 4.43. The number of hydrogen-bond acceptors (Lipinski definition) is 4. The zero-order valence-electron chi connectivity index (χ0n) is 10.5. The number of hydrogen-bond donors (Lipinski definition) is 2. The molecule has 0 aliphatic carbocycles. The monoisotopic (exact) mass is 264 g/mol. The molecule has 1 aliphatic heterocycles. The molecule has 1 saturated heterocycles. The first kappa shape index (κ1) is 13.2. The van der Waals surface area contributed by atoms with E-state index in [4.69, 9.17) is 5.11 Å². The average Bonchev–Trinajstić information content (AvgIpc) is 2.39. The zero-order chi connectivity index (χ0) is 13.8. The molecule has 0 saturated carbocycles. The number of nitrogens with zero attached hydrogens (tertiary/aromatic N) is 2. The molecule has 0 unspecified atom stereocenters. The number of aliphatic carboxylic acids is 1. The van der Waals surface area contributed by atoms with Crippen LogP contribution in [0.2, 0.25) is 0 Å². The smallest absolute Gasteiger partial charge is 0.312 e. The number of anilines is 1. The van der Waals surface area contributed by atoms with Crippen molar-refractivity contribution in [3.05, 3.63) is 24.3 Å². The second kappa shape index (κ2) is 5.60. The van der Waals surface area contributed by atoms with Crippen LogP contribution in [0.5, 0.6) is 5.75 Å². The third kappa shape index (κ3) is 3.15. The largest absolute Gasteiger partial charge is 0.506 e. The molecule has 1 aromatic rings. The van der Waals surface area contributed by atoms with Gasteiger partial charge in [-0.05, 0) is 12.1 Å². The van der Waals surface area contributed by atoms with Gasteiger partial charge in [-0.3, -0.25) is 9.59 Å². The highest BCUT2D eigenvalue weighted by atomic mass is 16.4. The number of carbonyl (C=O) groups is 2. The van der Waals surface area contributed by atoms with Crippen LogP contribution in [0.25, 0.3) is 0 Å². The highest BCUT2D eigenvalue weighted by molar-refractivity contribution is 5.93. The lowest BCUT2D eigenvalue weighted by Crippen LogP contribution is -2.49. The fourth-order valence-electron chi connectivity index (χ4n) is 2.17. The second-order valence-corrected chi connectivity index (χ2v) is 4.43. The number of rotatable bonds is 3. The Morgan fingerprint density at radius 3 is 2.32 bits per heavy atom. The quantitative estimate of drug-likeness (QED) is 0.778. The number of benzene rings is 1. The fourth-order valence-corrected chi connectivity index (χ4v) is 2.17. The Labute approximate surface area is 110 Å². The maximum atomic E-state index is 11.6. The molecule has 1 amide bonds. The summed E-state index contributed by atoms with van der Waals surface area (Å²) in [4.78, 5) is 25.6. The molecule has 1 fully saturated rings. The van der Waals surface area contributed by atoms with E-state index in [2.05, 4.69) is 0 Å². The van der Waals surface area contributed by atoms with Crippen molar-refractivity contribution in [2.75, 3.05) is 31.1 Å². The molecule has 6 heteroatoms. The third-order valence-corrected chi connectivity index (χ3v) is 3.16. The van der Waals surface area contributed by atoms with Crippen molar-refractivity contribution in [2.24, 2.45) is 0 Å². The lowest BCUT2D eigenvalue weighted by Gasteiger charge is -2.36. The number of amides is 1.